The number of nitrogens with zero attached hydrogens (tertiary/aromatic N) is 2. The fourth-order valence-corrected chi connectivity index (χ4v) is 3.02. The molecule has 4 nitrogen and oxygen atoms in total. The van der Waals surface area contributed by atoms with Crippen molar-refractivity contribution < 1.29 is 9.90 Å². The zero-order valence-corrected chi connectivity index (χ0v) is 13.9. The van der Waals surface area contributed by atoms with E-state index >= 15 is 0 Å². The number of carboxylic acid groups (broad SMARTS) is 1. The van der Waals surface area contributed by atoms with Crippen LogP contribution in [0.4, 0.5) is 0 Å². The molecular formula is C16H32N2O2. The van der Waals surface area contributed by atoms with Gasteiger partial charge in [-0.3, -0.25) is 4.90 Å². The van der Waals surface area contributed by atoms with Crippen LogP contribution >= 0.6 is 0 Å². The van der Waals surface area contributed by atoms with Crippen LogP contribution in [-0.2, 0) is 4.79 Å². The summed E-state index contributed by atoms with van der Waals surface area (Å²) in [7, 11) is 0. The zero-order valence-electron chi connectivity index (χ0n) is 13.9. The van der Waals surface area contributed by atoms with Crippen LogP contribution in [0.2, 0.25) is 0 Å². The Morgan fingerprint density at radius 2 is 1.55 bits per heavy atom. The summed E-state index contributed by atoms with van der Waals surface area (Å²) in [6.45, 7) is 19.0. The van der Waals surface area contributed by atoms with Crippen LogP contribution in [0.5, 0.6) is 0 Å². The van der Waals surface area contributed by atoms with E-state index in [1.165, 1.54) is 0 Å². The maximum Gasteiger partial charge on any atom is 0.332 e. The lowest BCUT2D eigenvalue weighted by atomic mass is 9.82. The summed E-state index contributed by atoms with van der Waals surface area (Å²) in [5, 5.41) is 9.43. The van der Waals surface area contributed by atoms with Gasteiger partial charge in [-0.1, -0.05) is 41.2 Å². The highest BCUT2D eigenvalue weighted by Crippen LogP contribution is 2.32. The van der Waals surface area contributed by atoms with Crippen LogP contribution in [0.15, 0.2) is 12.2 Å². The van der Waals surface area contributed by atoms with E-state index in [-0.39, 0.29) is 0 Å². The molecule has 0 aliphatic heterocycles. The molecule has 0 spiro atoms. The highest BCUT2D eigenvalue weighted by molar-refractivity contribution is 5.88. The molecule has 20 heavy (non-hydrogen) atoms. The average Bonchev–Trinajstić information content (AvgIpc) is 2.46. The Morgan fingerprint density at radius 1 is 1.05 bits per heavy atom. The molecule has 4 heteroatoms. The number of likely N-dealkylation sites (N-methyl/N-ethyl adjacent to an activating group) is 1. The molecule has 0 amide bonds. The van der Waals surface area contributed by atoms with Crippen LogP contribution in [-0.4, -0.2) is 59.1 Å². The van der Waals surface area contributed by atoms with Gasteiger partial charge in [0.05, 0.1) is 11.1 Å². The van der Waals surface area contributed by atoms with Crippen molar-refractivity contribution in [3.05, 3.63) is 12.2 Å². The molecule has 0 aromatic heterocycles. The van der Waals surface area contributed by atoms with Gasteiger partial charge in [-0.05, 0) is 39.0 Å². The van der Waals surface area contributed by atoms with E-state index in [2.05, 4.69) is 51.0 Å². The van der Waals surface area contributed by atoms with Gasteiger partial charge in [0.1, 0.15) is 0 Å². The van der Waals surface area contributed by atoms with Gasteiger partial charge < -0.3 is 10.0 Å². The van der Waals surface area contributed by atoms with E-state index in [0.717, 1.165) is 45.6 Å². The highest BCUT2D eigenvalue weighted by atomic mass is 16.4. The molecule has 0 aromatic carbocycles. The molecule has 0 aliphatic carbocycles. The van der Waals surface area contributed by atoms with Crippen LogP contribution < -0.4 is 0 Å². The summed E-state index contributed by atoms with van der Waals surface area (Å²) in [6.07, 6.45) is 1.60. The molecule has 1 unspecified atom stereocenters. The Labute approximate surface area is 124 Å². The molecule has 0 aliphatic rings. The molecule has 1 atom stereocenters. The number of rotatable bonds is 11. The van der Waals surface area contributed by atoms with E-state index in [1.807, 2.05) is 0 Å². The van der Waals surface area contributed by atoms with Gasteiger partial charge in [0.15, 0.2) is 0 Å². The van der Waals surface area contributed by atoms with Gasteiger partial charge in [0.25, 0.3) is 0 Å². The van der Waals surface area contributed by atoms with E-state index in [1.54, 1.807) is 0 Å². The van der Waals surface area contributed by atoms with Crippen LogP contribution in [0.1, 0.15) is 47.5 Å². The summed E-state index contributed by atoms with van der Waals surface area (Å²) in [5.74, 6) is -0.877. The van der Waals surface area contributed by atoms with Crippen molar-refractivity contribution in [3.8, 4) is 0 Å². The van der Waals surface area contributed by atoms with Crippen molar-refractivity contribution in [1.29, 1.82) is 0 Å². The lowest BCUT2D eigenvalue weighted by Gasteiger charge is -2.44. The summed E-state index contributed by atoms with van der Waals surface area (Å²) >= 11 is 0. The molecule has 0 fully saturated rings. The van der Waals surface area contributed by atoms with E-state index in [9.17, 15) is 9.90 Å². The second kappa shape index (κ2) is 9.14. The minimum absolute atomic E-state index is 0.329. The van der Waals surface area contributed by atoms with Gasteiger partial charge >= 0.3 is 5.97 Å². The van der Waals surface area contributed by atoms with Crippen molar-refractivity contribution in [2.75, 3.05) is 32.7 Å². The van der Waals surface area contributed by atoms with Gasteiger partial charge in [0.2, 0.25) is 0 Å². The standard InChI is InChI=1S/C16H32N2O2/c1-7-16(14(6)15(19)20,18(10-4)11-5)12-13-17(8-2)9-3/h6-13H2,1-5H3,(H,19,20). The predicted molar refractivity (Wildman–Crippen MR) is 85.1 cm³/mol. The summed E-state index contributed by atoms with van der Waals surface area (Å²) in [5.41, 5.74) is -0.103. The number of carboxylic acids is 1. The highest BCUT2D eigenvalue weighted by Gasteiger charge is 2.39. The number of carbonyl (C=O) groups is 1. The fraction of sp³-hybridized carbons (Fsp3) is 0.812. The first-order valence-electron chi connectivity index (χ1n) is 7.83. The van der Waals surface area contributed by atoms with Crippen LogP contribution in [0.3, 0.4) is 0 Å². The smallest absolute Gasteiger partial charge is 0.332 e. The summed E-state index contributed by atoms with van der Waals surface area (Å²) in [6, 6.07) is 0. The Bertz CT molecular complexity index is 310. The molecule has 1 N–H and O–H groups in total. The van der Waals surface area contributed by atoms with Crippen LogP contribution in [0, 0.1) is 0 Å². The molecular weight excluding hydrogens is 252 g/mol. The third-order valence-electron chi connectivity index (χ3n) is 4.51. The van der Waals surface area contributed by atoms with Gasteiger partial charge in [-0.25, -0.2) is 4.79 Å². The van der Waals surface area contributed by atoms with E-state index in [0.29, 0.717) is 5.57 Å². The fourth-order valence-electron chi connectivity index (χ4n) is 3.02. The quantitative estimate of drug-likeness (QED) is 0.593. The summed E-state index contributed by atoms with van der Waals surface area (Å²) < 4.78 is 0. The van der Waals surface area contributed by atoms with E-state index < -0.39 is 11.5 Å². The molecule has 0 bridgehead atoms. The predicted octanol–water partition coefficient (Wildman–Crippen LogP) is 2.85. The SMILES string of the molecule is C=C(C(=O)O)C(CC)(CCN(CC)CC)N(CC)CC. The average molecular weight is 284 g/mol. The monoisotopic (exact) mass is 284 g/mol. The normalized spacial score (nSPS) is 14.6. The van der Waals surface area contributed by atoms with E-state index in [4.69, 9.17) is 0 Å². The molecule has 0 saturated heterocycles. The number of aliphatic carboxylic acids is 1. The maximum atomic E-state index is 11.5. The molecule has 0 radical (unpaired) electrons. The Hall–Kier alpha value is -0.870. The van der Waals surface area contributed by atoms with Crippen molar-refractivity contribution in [2.45, 2.75) is 53.0 Å². The van der Waals surface area contributed by atoms with Crippen molar-refractivity contribution in [2.24, 2.45) is 0 Å². The maximum absolute atomic E-state index is 11.5. The minimum atomic E-state index is -0.877. The second-order valence-corrected chi connectivity index (χ2v) is 5.12. The Balaban J connectivity index is 5.31. The van der Waals surface area contributed by atoms with Gasteiger partial charge in [-0.2, -0.15) is 0 Å². The zero-order chi connectivity index (χ0) is 15.8. The molecule has 0 aromatic rings. The third kappa shape index (κ3) is 4.32. The lowest BCUT2D eigenvalue weighted by Crippen LogP contribution is -2.52. The molecule has 0 saturated carbocycles. The van der Waals surface area contributed by atoms with Crippen molar-refractivity contribution in [1.82, 2.24) is 9.80 Å². The first-order chi connectivity index (χ1) is 9.43. The second-order valence-electron chi connectivity index (χ2n) is 5.12. The largest absolute Gasteiger partial charge is 0.478 e. The Morgan fingerprint density at radius 3 is 1.85 bits per heavy atom. The molecule has 0 heterocycles. The Kier molecular flexibility index (Phi) is 8.74. The van der Waals surface area contributed by atoms with Crippen molar-refractivity contribution in [3.63, 3.8) is 0 Å². The summed E-state index contributed by atoms with van der Waals surface area (Å²) in [4.78, 5) is 16.1. The topological polar surface area (TPSA) is 43.8 Å². The van der Waals surface area contributed by atoms with Gasteiger partial charge in [-0.15, -0.1) is 0 Å². The first kappa shape index (κ1) is 19.1. The first-order valence-corrected chi connectivity index (χ1v) is 7.83. The number of hydrogen-bond donors (Lipinski definition) is 1. The molecule has 0 rings (SSSR count). The number of hydrogen-bond acceptors (Lipinski definition) is 3. The van der Waals surface area contributed by atoms with Crippen molar-refractivity contribution >= 4 is 5.97 Å². The van der Waals surface area contributed by atoms with Gasteiger partial charge in [0, 0.05) is 6.54 Å². The third-order valence-corrected chi connectivity index (χ3v) is 4.51. The lowest BCUT2D eigenvalue weighted by molar-refractivity contribution is -0.134. The molecule has 118 valence electrons. The minimum Gasteiger partial charge on any atom is -0.478 e. The van der Waals surface area contributed by atoms with Crippen LogP contribution in [0.25, 0.3) is 0 Å².